The molecular weight excluding hydrogens is 901 g/mol. The van der Waals surface area contributed by atoms with E-state index in [1.165, 1.54) is 103 Å². The van der Waals surface area contributed by atoms with Gasteiger partial charge < -0.3 is 14.2 Å². The minimum Gasteiger partial charge on any atom is -0.462 e. The summed E-state index contributed by atoms with van der Waals surface area (Å²) in [6.45, 7) is 6.43. The minimum atomic E-state index is -0.832. The second-order valence-electron chi connectivity index (χ2n) is 19.5. The van der Waals surface area contributed by atoms with Gasteiger partial charge in [-0.25, -0.2) is 0 Å². The van der Waals surface area contributed by atoms with Gasteiger partial charge in [-0.15, -0.1) is 0 Å². The maximum absolute atomic E-state index is 12.8. The van der Waals surface area contributed by atoms with Gasteiger partial charge in [-0.2, -0.15) is 0 Å². The summed E-state index contributed by atoms with van der Waals surface area (Å²) in [5.41, 5.74) is 0. The molecule has 0 rings (SSSR count). The van der Waals surface area contributed by atoms with Crippen molar-refractivity contribution in [3.63, 3.8) is 0 Å². The van der Waals surface area contributed by atoms with Crippen LogP contribution in [0.5, 0.6) is 0 Å². The molecule has 0 aromatic heterocycles. The average Bonchev–Trinajstić information content (AvgIpc) is 3.39. The van der Waals surface area contributed by atoms with Gasteiger partial charge in [-0.3, -0.25) is 14.4 Å². The van der Waals surface area contributed by atoms with E-state index in [2.05, 4.69) is 130 Å². The lowest BCUT2D eigenvalue weighted by atomic mass is 10.1. The standard InChI is InChI=1S/C67H110O6/c1-4-7-10-13-16-19-22-25-28-30-32-33-35-36-39-42-45-48-51-54-57-60-66(69)72-63-64(62-71-65(68)59-56-53-50-47-44-41-38-27-24-21-18-15-12-9-6-3)73-67(70)61-58-55-52-49-46-43-40-37-34-31-29-26-23-20-17-14-11-8-5-2/h8,11,17,20,22,25-27,29-30,32,34-38,43,46,52,55,64H,4-7,9-10,12-16,18-19,21,23-24,28,31,33,39-42,44-45,47-51,53-54,56-63H2,1-3H3/b11-8-,20-17-,25-22-,29-26-,32-30-,36-35-,37-34-,38-27-,46-43-,55-52-. The zero-order valence-electron chi connectivity index (χ0n) is 47.4. The number of carbonyl (C=O) groups excluding carboxylic acids is 3. The maximum atomic E-state index is 12.8. The van der Waals surface area contributed by atoms with Gasteiger partial charge >= 0.3 is 17.9 Å². The molecule has 73 heavy (non-hydrogen) atoms. The van der Waals surface area contributed by atoms with E-state index in [-0.39, 0.29) is 31.6 Å². The minimum absolute atomic E-state index is 0.119. The lowest BCUT2D eigenvalue weighted by molar-refractivity contribution is -0.166. The molecule has 0 heterocycles. The zero-order chi connectivity index (χ0) is 52.9. The molecule has 414 valence electrons. The molecule has 0 saturated carbocycles. The first-order valence-electron chi connectivity index (χ1n) is 30.0. The van der Waals surface area contributed by atoms with E-state index in [1.807, 2.05) is 12.2 Å². The first kappa shape index (κ1) is 68.8. The molecule has 1 atom stereocenters. The van der Waals surface area contributed by atoms with E-state index in [1.54, 1.807) is 0 Å². The number of unbranched alkanes of at least 4 members (excludes halogenated alkanes) is 22. The first-order chi connectivity index (χ1) is 36.0. The quantitative estimate of drug-likeness (QED) is 0.0261. The highest BCUT2D eigenvalue weighted by molar-refractivity contribution is 5.71. The van der Waals surface area contributed by atoms with E-state index in [0.29, 0.717) is 19.3 Å². The highest BCUT2D eigenvalue weighted by Crippen LogP contribution is 2.13. The van der Waals surface area contributed by atoms with Crippen molar-refractivity contribution < 1.29 is 28.6 Å². The van der Waals surface area contributed by atoms with Crippen LogP contribution in [0, 0.1) is 0 Å². The van der Waals surface area contributed by atoms with Crippen LogP contribution in [0.1, 0.15) is 265 Å². The van der Waals surface area contributed by atoms with Crippen LogP contribution in [0.4, 0.5) is 0 Å². The molecule has 6 nitrogen and oxygen atoms in total. The number of hydrogen-bond donors (Lipinski definition) is 0. The molecule has 0 N–H and O–H groups in total. The van der Waals surface area contributed by atoms with Gasteiger partial charge in [0.05, 0.1) is 0 Å². The van der Waals surface area contributed by atoms with Crippen molar-refractivity contribution in [2.45, 2.75) is 271 Å². The molecule has 0 bridgehead atoms. The predicted molar refractivity (Wildman–Crippen MR) is 316 cm³/mol. The van der Waals surface area contributed by atoms with Crippen molar-refractivity contribution in [2.75, 3.05) is 13.2 Å². The largest absolute Gasteiger partial charge is 0.462 e. The molecule has 0 spiro atoms. The van der Waals surface area contributed by atoms with Crippen molar-refractivity contribution in [3.8, 4) is 0 Å². The van der Waals surface area contributed by atoms with Gasteiger partial charge in [0.15, 0.2) is 6.10 Å². The van der Waals surface area contributed by atoms with Crippen LogP contribution in [0.2, 0.25) is 0 Å². The number of ether oxygens (including phenoxy) is 3. The molecule has 0 aromatic carbocycles. The Balaban J connectivity index is 4.54. The molecule has 0 amide bonds. The molecule has 0 saturated heterocycles. The number of esters is 3. The third kappa shape index (κ3) is 58.6. The molecule has 0 aliphatic rings. The van der Waals surface area contributed by atoms with Crippen molar-refractivity contribution in [3.05, 3.63) is 122 Å². The normalized spacial score (nSPS) is 13.0. The average molecular weight is 1010 g/mol. The summed E-state index contributed by atoms with van der Waals surface area (Å²) in [7, 11) is 0. The lowest BCUT2D eigenvalue weighted by Gasteiger charge is -2.18. The van der Waals surface area contributed by atoms with Crippen LogP contribution in [-0.4, -0.2) is 37.2 Å². The summed E-state index contributed by atoms with van der Waals surface area (Å²) >= 11 is 0. The van der Waals surface area contributed by atoms with Crippen molar-refractivity contribution >= 4 is 17.9 Å². The molecule has 0 fully saturated rings. The van der Waals surface area contributed by atoms with Gasteiger partial charge in [-0.1, -0.05) is 245 Å². The fourth-order valence-electron chi connectivity index (χ4n) is 7.94. The molecule has 0 aliphatic carbocycles. The first-order valence-corrected chi connectivity index (χ1v) is 30.0. The molecular formula is C67H110O6. The van der Waals surface area contributed by atoms with E-state index in [0.717, 1.165) is 116 Å². The van der Waals surface area contributed by atoms with Gasteiger partial charge in [0, 0.05) is 19.3 Å². The molecule has 0 aliphatic heterocycles. The summed E-state index contributed by atoms with van der Waals surface area (Å²) in [5.74, 6) is -1.02. The van der Waals surface area contributed by atoms with E-state index in [4.69, 9.17) is 14.2 Å². The smallest absolute Gasteiger partial charge is 0.306 e. The Morgan fingerprint density at radius 3 is 0.904 bits per heavy atom. The highest BCUT2D eigenvalue weighted by atomic mass is 16.6. The van der Waals surface area contributed by atoms with Crippen LogP contribution >= 0.6 is 0 Å². The Morgan fingerprint density at radius 2 is 0.562 bits per heavy atom. The summed E-state index contributed by atoms with van der Waals surface area (Å²) in [6, 6.07) is 0. The van der Waals surface area contributed by atoms with Gasteiger partial charge in [0.25, 0.3) is 0 Å². The third-order valence-electron chi connectivity index (χ3n) is 12.4. The molecule has 1 unspecified atom stereocenters. The summed E-state index contributed by atoms with van der Waals surface area (Å²) in [4.78, 5) is 38.2. The predicted octanol–water partition coefficient (Wildman–Crippen LogP) is 20.4. The maximum Gasteiger partial charge on any atom is 0.306 e. The van der Waals surface area contributed by atoms with E-state index >= 15 is 0 Å². The number of allylic oxidation sites excluding steroid dienone is 20. The Kier molecular flexibility index (Phi) is 56.9. The Labute approximate surface area is 450 Å². The number of hydrogen-bond acceptors (Lipinski definition) is 6. The Bertz CT molecular complexity index is 1540. The van der Waals surface area contributed by atoms with E-state index < -0.39 is 12.1 Å². The third-order valence-corrected chi connectivity index (χ3v) is 12.4. The summed E-state index contributed by atoms with van der Waals surface area (Å²) < 4.78 is 16.8. The van der Waals surface area contributed by atoms with Gasteiger partial charge in [0.2, 0.25) is 0 Å². The van der Waals surface area contributed by atoms with Crippen molar-refractivity contribution in [1.29, 1.82) is 0 Å². The highest BCUT2D eigenvalue weighted by Gasteiger charge is 2.19. The zero-order valence-corrected chi connectivity index (χ0v) is 47.4. The van der Waals surface area contributed by atoms with Gasteiger partial charge in [-0.05, 0) is 122 Å². The topological polar surface area (TPSA) is 78.9 Å². The van der Waals surface area contributed by atoms with Crippen LogP contribution < -0.4 is 0 Å². The van der Waals surface area contributed by atoms with Crippen LogP contribution in [-0.2, 0) is 28.6 Å². The SMILES string of the molecule is CC/C=C\C/C=C\C/C=C\C/C=C\C/C=C\C/C=C\CCC(=O)OC(COC(=O)CCCCCCC/C=C\CCCCCCCC)COC(=O)CCCCCCCC/C=C\C/C=C\C/C=C\CCCCCCC. The Morgan fingerprint density at radius 1 is 0.288 bits per heavy atom. The lowest BCUT2D eigenvalue weighted by Crippen LogP contribution is -2.30. The summed E-state index contributed by atoms with van der Waals surface area (Å²) in [6.07, 6.45) is 83.4. The fraction of sp³-hybridized carbons (Fsp3) is 0.657. The second-order valence-corrected chi connectivity index (χ2v) is 19.5. The molecule has 6 heteroatoms. The number of carbonyl (C=O) groups is 3. The molecule has 0 aromatic rings. The van der Waals surface area contributed by atoms with Crippen LogP contribution in [0.3, 0.4) is 0 Å². The van der Waals surface area contributed by atoms with Crippen LogP contribution in [0.25, 0.3) is 0 Å². The second kappa shape index (κ2) is 60.4. The molecule has 0 radical (unpaired) electrons. The monoisotopic (exact) mass is 1010 g/mol. The van der Waals surface area contributed by atoms with Crippen LogP contribution in [0.15, 0.2) is 122 Å². The summed E-state index contributed by atoms with van der Waals surface area (Å²) in [5, 5.41) is 0. The van der Waals surface area contributed by atoms with Crippen molar-refractivity contribution in [2.24, 2.45) is 0 Å². The van der Waals surface area contributed by atoms with E-state index in [9.17, 15) is 14.4 Å². The fourth-order valence-corrected chi connectivity index (χ4v) is 7.94. The van der Waals surface area contributed by atoms with Gasteiger partial charge in [0.1, 0.15) is 13.2 Å². The number of rotatable bonds is 53. The van der Waals surface area contributed by atoms with Crippen molar-refractivity contribution in [1.82, 2.24) is 0 Å². The Hall–Kier alpha value is -4.19.